The molecule has 96 valence electrons. The predicted molar refractivity (Wildman–Crippen MR) is 75.3 cm³/mol. The number of nitrogens with zero attached hydrogens (tertiary/aromatic N) is 2. The van der Waals surface area contributed by atoms with E-state index < -0.39 is 0 Å². The van der Waals surface area contributed by atoms with Gasteiger partial charge in [0, 0.05) is 11.9 Å². The number of nitrogens with two attached hydrogens (primary N) is 1. The lowest BCUT2D eigenvalue weighted by Gasteiger charge is -2.21. The van der Waals surface area contributed by atoms with Crippen LogP contribution in [0.5, 0.6) is 0 Å². The first-order valence-electron chi connectivity index (χ1n) is 7.05. The van der Waals surface area contributed by atoms with Gasteiger partial charge in [0.2, 0.25) is 0 Å². The van der Waals surface area contributed by atoms with E-state index in [1.165, 1.54) is 44.0 Å². The van der Waals surface area contributed by atoms with E-state index >= 15 is 0 Å². The van der Waals surface area contributed by atoms with Crippen molar-refractivity contribution in [3.8, 4) is 0 Å². The van der Waals surface area contributed by atoms with Crippen LogP contribution < -0.4 is 5.73 Å². The Balaban J connectivity index is 1.74. The highest BCUT2D eigenvalue weighted by Crippen LogP contribution is 2.27. The van der Waals surface area contributed by atoms with Gasteiger partial charge >= 0.3 is 0 Å². The summed E-state index contributed by atoms with van der Waals surface area (Å²) < 4.78 is 2.08. The molecular weight excluding hydrogens is 222 g/mol. The molecule has 2 N–H and O–H groups in total. The lowest BCUT2D eigenvalue weighted by molar-refractivity contribution is 0.321. The van der Waals surface area contributed by atoms with Crippen LogP contribution in [0.1, 0.15) is 38.5 Å². The van der Waals surface area contributed by atoms with Crippen LogP contribution in [-0.4, -0.2) is 9.78 Å². The van der Waals surface area contributed by atoms with Gasteiger partial charge in [-0.25, -0.2) is 0 Å². The van der Waals surface area contributed by atoms with E-state index in [1.807, 2.05) is 6.07 Å². The lowest BCUT2D eigenvalue weighted by atomic mass is 9.87. The zero-order valence-electron chi connectivity index (χ0n) is 10.8. The SMILES string of the molecule is Nc1nn(CCC2CCCCC2)c2ccccc12. The fraction of sp³-hybridized carbons (Fsp3) is 0.533. The van der Waals surface area contributed by atoms with Gasteiger partial charge in [-0.15, -0.1) is 0 Å². The van der Waals surface area contributed by atoms with E-state index in [4.69, 9.17) is 5.73 Å². The molecule has 0 saturated heterocycles. The number of nitrogen functional groups attached to an aromatic ring is 1. The molecule has 0 aliphatic heterocycles. The third kappa shape index (κ3) is 2.22. The van der Waals surface area contributed by atoms with Crippen LogP contribution in [-0.2, 0) is 6.54 Å². The molecule has 1 heterocycles. The molecule has 3 heteroatoms. The molecule has 1 aliphatic carbocycles. The Hall–Kier alpha value is -1.51. The van der Waals surface area contributed by atoms with Gasteiger partial charge in [0.05, 0.1) is 5.52 Å². The van der Waals surface area contributed by atoms with E-state index in [0.29, 0.717) is 5.82 Å². The lowest BCUT2D eigenvalue weighted by Crippen LogP contribution is -2.11. The van der Waals surface area contributed by atoms with E-state index in [-0.39, 0.29) is 0 Å². The highest BCUT2D eigenvalue weighted by atomic mass is 15.3. The Bertz CT molecular complexity index is 524. The summed E-state index contributed by atoms with van der Waals surface area (Å²) in [6.45, 7) is 1.00. The minimum Gasteiger partial charge on any atom is -0.382 e. The van der Waals surface area contributed by atoms with Crippen molar-refractivity contribution < 1.29 is 0 Å². The van der Waals surface area contributed by atoms with Crippen molar-refractivity contribution in [1.82, 2.24) is 9.78 Å². The number of aromatic nitrogens is 2. The Morgan fingerprint density at radius 3 is 2.78 bits per heavy atom. The molecule has 0 radical (unpaired) electrons. The molecule has 0 unspecified atom stereocenters. The first-order valence-corrected chi connectivity index (χ1v) is 7.05. The van der Waals surface area contributed by atoms with Crippen LogP contribution in [0, 0.1) is 5.92 Å². The Kier molecular flexibility index (Phi) is 3.22. The minimum atomic E-state index is 0.661. The average Bonchev–Trinajstić information content (AvgIpc) is 2.75. The second-order valence-corrected chi connectivity index (χ2v) is 5.42. The van der Waals surface area contributed by atoms with Crippen LogP contribution in [0.3, 0.4) is 0 Å². The van der Waals surface area contributed by atoms with Crippen molar-refractivity contribution in [2.24, 2.45) is 5.92 Å². The van der Waals surface area contributed by atoms with Gasteiger partial charge in [0.1, 0.15) is 0 Å². The fourth-order valence-electron chi connectivity index (χ4n) is 3.10. The summed E-state index contributed by atoms with van der Waals surface area (Å²) in [6.07, 6.45) is 8.28. The predicted octanol–water partition coefficient (Wildman–Crippen LogP) is 3.59. The monoisotopic (exact) mass is 243 g/mol. The van der Waals surface area contributed by atoms with Crippen molar-refractivity contribution >= 4 is 16.7 Å². The Labute approximate surface area is 108 Å². The number of hydrogen-bond acceptors (Lipinski definition) is 2. The number of benzene rings is 1. The summed E-state index contributed by atoms with van der Waals surface area (Å²) in [5.74, 6) is 1.55. The molecular formula is C15H21N3. The molecule has 1 saturated carbocycles. The summed E-state index contributed by atoms with van der Waals surface area (Å²) in [6, 6.07) is 8.24. The zero-order chi connectivity index (χ0) is 12.4. The van der Waals surface area contributed by atoms with E-state index in [0.717, 1.165) is 17.8 Å². The van der Waals surface area contributed by atoms with Gasteiger partial charge in [-0.1, -0.05) is 44.2 Å². The van der Waals surface area contributed by atoms with E-state index in [9.17, 15) is 0 Å². The maximum atomic E-state index is 5.95. The largest absolute Gasteiger partial charge is 0.382 e. The Morgan fingerprint density at radius 2 is 1.94 bits per heavy atom. The highest BCUT2D eigenvalue weighted by Gasteiger charge is 2.14. The molecule has 0 amide bonds. The quantitative estimate of drug-likeness (QED) is 0.895. The first kappa shape index (κ1) is 11.6. The number of anilines is 1. The molecule has 3 nitrogen and oxygen atoms in total. The molecule has 2 aromatic rings. The Morgan fingerprint density at radius 1 is 1.17 bits per heavy atom. The number of aryl methyl sites for hydroxylation is 1. The summed E-state index contributed by atoms with van der Waals surface area (Å²) in [5, 5.41) is 5.55. The maximum Gasteiger partial charge on any atom is 0.153 e. The van der Waals surface area contributed by atoms with Gasteiger partial charge < -0.3 is 5.73 Å². The van der Waals surface area contributed by atoms with Gasteiger partial charge in [0.25, 0.3) is 0 Å². The first-order chi connectivity index (χ1) is 8.84. The summed E-state index contributed by atoms with van der Waals surface area (Å²) >= 11 is 0. The number of rotatable bonds is 3. The average molecular weight is 243 g/mol. The minimum absolute atomic E-state index is 0.661. The van der Waals surface area contributed by atoms with Crippen molar-refractivity contribution in [1.29, 1.82) is 0 Å². The molecule has 3 rings (SSSR count). The number of hydrogen-bond donors (Lipinski definition) is 1. The van der Waals surface area contributed by atoms with Crippen LogP contribution in [0.4, 0.5) is 5.82 Å². The zero-order valence-corrected chi connectivity index (χ0v) is 10.8. The fourth-order valence-corrected chi connectivity index (χ4v) is 3.10. The van der Waals surface area contributed by atoms with Crippen LogP contribution in [0.25, 0.3) is 10.9 Å². The van der Waals surface area contributed by atoms with Crippen LogP contribution in [0.15, 0.2) is 24.3 Å². The normalized spacial score (nSPS) is 17.3. The van der Waals surface area contributed by atoms with Crippen molar-refractivity contribution in [3.63, 3.8) is 0 Å². The molecule has 1 aliphatic rings. The van der Waals surface area contributed by atoms with Gasteiger partial charge in [0.15, 0.2) is 5.82 Å². The van der Waals surface area contributed by atoms with Crippen LogP contribution in [0.2, 0.25) is 0 Å². The topological polar surface area (TPSA) is 43.8 Å². The molecule has 0 bridgehead atoms. The smallest absolute Gasteiger partial charge is 0.153 e. The highest BCUT2D eigenvalue weighted by molar-refractivity contribution is 5.88. The molecule has 18 heavy (non-hydrogen) atoms. The summed E-state index contributed by atoms with van der Waals surface area (Å²) in [5.41, 5.74) is 7.13. The second-order valence-electron chi connectivity index (χ2n) is 5.42. The summed E-state index contributed by atoms with van der Waals surface area (Å²) in [4.78, 5) is 0. The van der Waals surface area contributed by atoms with E-state index in [2.05, 4.69) is 28.0 Å². The van der Waals surface area contributed by atoms with Gasteiger partial charge in [-0.3, -0.25) is 4.68 Å². The number of para-hydroxylation sites is 1. The third-order valence-electron chi connectivity index (χ3n) is 4.16. The molecule has 1 aromatic heterocycles. The van der Waals surface area contributed by atoms with Gasteiger partial charge in [-0.05, 0) is 24.5 Å². The van der Waals surface area contributed by atoms with Crippen molar-refractivity contribution in [3.05, 3.63) is 24.3 Å². The molecule has 0 spiro atoms. The molecule has 1 aromatic carbocycles. The maximum absolute atomic E-state index is 5.95. The van der Waals surface area contributed by atoms with Gasteiger partial charge in [-0.2, -0.15) is 5.10 Å². The summed E-state index contributed by atoms with van der Waals surface area (Å²) in [7, 11) is 0. The third-order valence-corrected chi connectivity index (χ3v) is 4.16. The van der Waals surface area contributed by atoms with Crippen molar-refractivity contribution in [2.75, 3.05) is 5.73 Å². The number of fused-ring (bicyclic) bond motifs is 1. The van der Waals surface area contributed by atoms with E-state index in [1.54, 1.807) is 0 Å². The van der Waals surface area contributed by atoms with Crippen molar-refractivity contribution in [2.45, 2.75) is 45.1 Å². The van der Waals surface area contributed by atoms with Crippen LogP contribution >= 0.6 is 0 Å². The standard InChI is InChI=1S/C15H21N3/c16-15-13-8-4-5-9-14(13)18(17-15)11-10-12-6-2-1-3-7-12/h4-5,8-9,12H,1-3,6-7,10-11H2,(H2,16,17). The molecule has 1 fully saturated rings. The molecule has 0 atom stereocenters. The second kappa shape index (κ2) is 5.01.